The molecule has 0 spiro atoms. The van der Waals surface area contributed by atoms with Crippen molar-refractivity contribution in [2.75, 3.05) is 0 Å². The Kier molecular flexibility index (Phi) is 4.64. The van der Waals surface area contributed by atoms with Gasteiger partial charge in [0.25, 0.3) is 0 Å². The molecule has 1 atom stereocenters. The van der Waals surface area contributed by atoms with Crippen LogP contribution in [0.3, 0.4) is 0 Å². The molecule has 1 fully saturated rings. The first-order valence-corrected chi connectivity index (χ1v) is 7.56. The van der Waals surface area contributed by atoms with E-state index >= 15 is 0 Å². The lowest BCUT2D eigenvalue weighted by atomic mass is 9.76. The first-order chi connectivity index (χ1) is 9.02. The van der Waals surface area contributed by atoms with E-state index in [-0.39, 0.29) is 0 Å². The molecule has 1 unspecified atom stereocenters. The van der Waals surface area contributed by atoms with Gasteiger partial charge in [-0.2, -0.15) is 0 Å². The molecule has 0 bridgehead atoms. The first kappa shape index (κ1) is 14.5. The van der Waals surface area contributed by atoms with Crippen molar-refractivity contribution in [1.29, 1.82) is 0 Å². The standard InChI is InChI=1S/C17H28N2/c1-11-5-7-15(8-6-11)17(19-18)16-13(3)9-12(2)10-14(16)4/h9-11,15,17,19H,5-8,18H2,1-4H3. The molecule has 0 aliphatic heterocycles. The van der Waals surface area contributed by atoms with Gasteiger partial charge in [-0.15, -0.1) is 0 Å². The Labute approximate surface area is 117 Å². The molecule has 0 radical (unpaired) electrons. The summed E-state index contributed by atoms with van der Waals surface area (Å²) in [6.45, 7) is 8.96. The highest BCUT2D eigenvalue weighted by atomic mass is 15.2. The second kappa shape index (κ2) is 6.06. The van der Waals surface area contributed by atoms with Crippen molar-refractivity contribution >= 4 is 0 Å². The van der Waals surface area contributed by atoms with Crippen LogP contribution in [0.2, 0.25) is 0 Å². The van der Waals surface area contributed by atoms with Gasteiger partial charge in [0.05, 0.1) is 0 Å². The van der Waals surface area contributed by atoms with Crippen molar-refractivity contribution in [3.63, 3.8) is 0 Å². The fraction of sp³-hybridized carbons (Fsp3) is 0.647. The van der Waals surface area contributed by atoms with Gasteiger partial charge in [-0.25, -0.2) is 0 Å². The van der Waals surface area contributed by atoms with Gasteiger partial charge in [0.1, 0.15) is 0 Å². The zero-order chi connectivity index (χ0) is 14.0. The molecule has 0 heterocycles. The molecule has 0 saturated heterocycles. The Hall–Kier alpha value is -0.860. The van der Waals surface area contributed by atoms with Crippen molar-refractivity contribution in [3.05, 3.63) is 34.4 Å². The fourth-order valence-electron chi connectivity index (χ4n) is 3.76. The Morgan fingerprint density at radius 1 is 1.05 bits per heavy atom. The number of hydrazine groups is 1. The molecule has 1 aliphatic carbocycles. The predicted molar refractivity (Wildman–Crippen MR) is 81.8 cm³/mol. The zero-order valence-corrected chi connectivity index (χ0v) is 12.8. The van der Waals surface area contributed by atoms with E-state index in [2.05, 4.69) is 45.3 Å². The van der Waals surface area contributed by atoms with Gasteiger partial charge in [-0.05, 0) is 62.1 Å². The van der Waals surface area contributed by atoms with E-state index < -0.39 is 0 Å². The van der Waals surface area contributed by atoms with Crippen LogP contribution in [0.25, 0.3) is 0 Å². The molecule has 0 aromatic heterocycles. The van der Waals surface area contributed by atoms with Crippen LogP contribution in [0.5, 0.6) is 0 Å². The third-order valence-corrected chi connectivity index (χ3v) is 4.76. The van der Waals surface area contributed by atoms with E-state index in [0.29, 0.717) is 12.0 Å². The maximum atomic E-state index is 5.90. The SMILES string of the molecule is Cc1cc(C)c(C(NN)C2CCC(C)CC2)c(C)c1. The molecule has 106 valence electrons. The molecule has 19 heavy (non-hydrogen) atoms. The number of hydrogen-bond donors (Lipinski definition) is 2. The molecule has 1 aromatic rings. The topological polar surface area (TPSA) is 38.0 Å². The van der Waals surface area contributed by atoms with Crippen LogP contribution in [0, 0.1) is 32.6 Å². The van der Waals surface area contributed by atoms with E-state index in [4.69, 9.17) is 5.84 Å². The first-order valence-electron chi connectivity index (χ1n) is 7.56. The summed E-state index contributed by atoms with van der Waals surface area (Å²) < 4.78 is 0. The quantitative estimate of drug-likeness (QED) is 0.638. The fourth-order valence-corrected chi connectivity index (χ4v) is 3.76. The summed E-state index contributed by atoms with van der Waals surface area (Å²) in [5, 5.41) is 0. The van der Waals surface area contributed by atoms with Crippen molar-refractivity contribution in [2.45, 2.75) is 59.4 Å². The van der Waals surface area contributed by atoms with Crippen LogP contribution in [0.4, 0.5) is 0 Å². The lowest BCUT2D eigenvalue weighted by Crippen LogP contribution is -2.36. The summed E-state index contributed by atoms with van der Waals surface area (Å²) in [6.07, 6.45) is 5.27. The Balaban J connectivity index is 2.27. The van der Waals surface area contributed by atoms with Gasteiger partial charge >= 0.3 is 0 Å². The van der Waals surface area contributed by atoms with Crippen molar-refractivity contribution in [2.24, 2.45) is 17.7 Å². The average molecular weight is 260 g/mol. The normalized spacial score (nSPS) is 25.3. The van der Waals surface area contributed by atoms with Gasteiger partial charge in [-0.1, -0.05) is 37.5 Å². The molecule has 2 heteroatoms. The summed E-state index contributed by atoms with van der Waals surface area (Å²) in [7, 11) is 0. The van der Waals surface area contributed by atoms with E-state index in [0.717, 1.165) is 5.92 Å². The molecule has 1 saturated carbocycles. The Morgan fingerprint density at radius 3 is 2.05 bits per heavy atom. The van der Waals surface area contributed by atoms with E-state index in [1.54, 1.807) is 0 Å². The van der Waals surface area contributed by atoms with Crippen molar-refractivity contribution in [3.8, 4) is 0 Å². The number of aryl methyl sites for hydroxylation is 3. The highest BCUT2D eigenvalue weighted by molar-refractivity contribution is 5.40. The maximum absolute atomic E-state index is 5.90. The molecule has 1 aliphatic rings. The van der Waals surface area contributed by atoms with Gasteiger partial charge in [0.15, 0.2) is 0 Å². The van der Waals surface area contributed by atoms with Crippen molar-refractivity contribution in [1.82, 2.24) is 5.43 Å². The van der Waals surface area contributed by atoms with Crippen LogP contribution in [0.1, 0.15) is 60.9 Å². The Bertz CT molecular complexity index is 408. The minimum atomic E-state index is 0.313. The number of benzene rings is 1. The summed E-state index contributed by atoms with van der Waals surface area (Å²) >= 11 is 0. The number of nitrogens with one attached hydrogen (secondary N) is 1. The number of hydrogen-bond acceptors (Lipinski definition) is 2. The summed E-state index contributed by atoms with van der Waals surface area (Å²) in [6, 6.07) is 4.86. The van der Waals surface area contributed by atoms with Crippen LogP contribution >= 0.6 is 0 Å². The summed E-state index contributed by atoms with van der Waals surface area (Å²) in [5.41, 5.74) is 8.62. The molecule has 2 nitrogen and oxygen atoms in total. The highest BCUT2D eigenvalue weighted by Crippen LogP contribution is 2.38. The molecular weight excluding hydrogens is 232 g/mol. The van der Waals surface area contributed by atoms with Crippen LogP contribution in [-0.4, -0.2) is 0 Å². The van der Waals surface area contributed by atoms with E-state index in [1.165, 1.54) is 47.9 Å². The molecular formula is C17H28N2. The van der Waals surface area contributed by atoms with Gasteiger partial charge in [-0.3, -0.25) is 11.3 Å². The minimum Gasteiger partial charge on any atom is -0.271 e. The smallest absolute Gasteiger partial charge is 0.0493 e. The lowest BCUT2D eigenvalue weighted by Gasteiger charge is -2.34. The second-order valence-electron chi connectivity index (χ2n) is 6.48. The molecule has 3 N–H and O–H groups in total. The van der Waals surface area contributed by atoms with Crippen LogP contribution in [-0.2, 0) is 0 Å². The van der Waals surface area contributed by atoms with E-state index in [9.17, 15) is 0 Å². The van der Waals surface area contributed by atoms with Gasteiger partial charge in [0.2, 0.25) is 0 Å². The maximum Gasteiger partial charge on any atom is 0.0493 e. The minimum absolute atomic E-state index is 0.313. The largest absolute Gasteiger partial charge is 0.271 e. The molecule has 0 amide bonds. The number of rotatable bonds is 3. The zero-order valence-electron chi connectivity index (χ0n) is 12.8. The highest BCUT2D eigenvalue weighted by Gasteiger charge is 2.28. The third kappa shape index (κ3) is 3.18. The van der Waals surface area contributed by atoms with Gasteiger partial charge in [0, 0.05) is 6.04 Å². The molecule has 2 rings (SSSR count). The third-order valence-electron chi connectivity index (χ3n) is 4.76. The summed E-state index contributed by atoms with van der Waals surface area (Å²) in [4.78, 5) is 0. The average Bonchev–Trinajstić information content (AvgIpc) is 2.35. The predicted octanol–water partition coefficient (Wildman–Crippen LogP) is 3.94. The van der Waals surface area contributed by atoms with Gasteiger partial charge < -0.3 is 0 Å². The second-order valence-corrected chi connectivity index (χ2v) is 6.48. The number of nitrogens with two attached hydrogens (primary N) is 1. The molecule has 1 aromatic carbocycles. The summed E-state index contributed by atoms with van der Waals surface area (Å²) in [5.74, 6) is 7.46. The van der Waals surface area contributed by atoms with E-state index in [1.807, 2.05) is 0 Å². The monoisotopic (exact) mass is 260 g/mol. The van der Waals surface area contributed by atoms with Crippen LogP contribution < -0.4 is 11.3 Å². The lowest BCUT2D eigenvalue weighted by molar-refractivity contribution is 0.231. The Morgan fingerprint density at radius 2 is 1.58 bits per heavy atom. The van der Waals surface area contributed by atoms with Crippen molar-refractivity contribution < 1.29 is 0 Å². The van der Waals surface area contributed by atoms with Crippen LogP contribution in [0.15, 0.2) is 12.1 Å².